The van der Waals surface area contributed by atoms with Crippen LogP contribution >= 0.6 is 0 Å². The second kappa shape index (κ2) is 4.80. The maximum Gasteiger partial charge on any atom is 0.328 e. The topological polar surface area (TPSA) is 66.8 Å². The molecule has 6 nitrogen and oxygen atoms in total. The molecule has 0 unspecified atom stereocenters. The van der Waals surface area contributed by atoms with Crippen molar-refractivity contribution in [1.29, 1.82) is 0 Å². The molecule has 2 aromatic heterocycles. The fraction of sp³-hybridized carbons (Fsp3) is 0.214. The van der Waals surface area contributed by atoms with E-state index in [-0.39, 0.29) is 5.69 Å². The maximum absolute atomic E-state index is 12.1. The van der Waals surface area contributed by atoms with Crippen LogP contribution in [0.5, 0.6) is 0 Å². The van der Waals surface area contributed by atoms with Gasteiger partial charge in [-0.2, -0.15) is 0 Å². The van der Waals surface area contributed by atoms with E-state index in [1.165, 1.54) is 6.33 Å². The highest BCUT2D eigenvalue weighted by atomic mass is 16.1. The molecule has 0 atom stereocenters. The van der Waals surface area contributed by atoms with E-state index in [2.05, 4.69) is 15.0 Å². The molecule has 1 N–H and O–H groups in total. The Bertz CT molecular complexity index is 788. The molecule has 2 heterocycles. The Morgan fingerprint density at radius 3 is 2.65 bits per heavy atom. The maximum atomic E-state index is 12.1. The van der Waals surface area contributed by atoms with Crippen LogP contribution in [0.3, 0.4) is 0 Å². The molecule has 0 aliphatic rings. The van der Waals surface area contributed by atoms with Gasteiger partial charge >= 0.3 is 5.69 Å². The van der Waals surface area contributed by atoms with Crippen molar-refractivity contribution in [3.63, 3.8) is 0 Å². The number of hydrogen-bond donors (Lipinski definition) is 1. The van der Waals surface area contributed by atoms with Crippen LogP contribution < -0.4 is 10.6 Å². The smallest absolute Gasteiger partial charge is 0.328 e. The Kier molecular flexibility index (Phi) is 2.98. The highest BCUT2D eigenvalue weighted by molar-refractivity contribution is 5.83. The third kappa shape index (κ3) is 2.05. The van der Waals surface area contributed by atoms with E-state index < -0.39 is 0 Å². The standard InChI is InChI=1S/C14H15N5O/c1-18(2)12-11-13(16-9-15-12)19(14(20)17-11)8-10-6-4-3-5-7-10/h3-7,9H,8H2,1-2H3,(H,17,20). The number of aromatic amines is 1. The SMILES string of the molecule is CN(C)c1ncnc2c1[nH]c(=O)n2Cc1ccccc1. The van der Waals surface area contributed by atoms with E-state index in [0.29, 0.717) is 23.5 Å². The summed E-state index contributed by atoms with van der Waals surface area (Å²) in [5.74, 6) is 0.707. The molecular formula is C14H15N5O. The number of hydrogen-bond acceptors (Lipinski definition) is 4. The molecule has 0 saturated heterocycles. The lowest BCUT2D eigenvalue weighted by Gasteiger charge is -2.11. The van der Waals surface area contributed by atoms with E-state index >= 15 is 0 Å². The predicted octanol–water partition coefficient (Wildman–Crippen LogP) is 1.23. The van der Waals surface area contributed by atoms with Crippen molar-refractivity contribution in [2.75, 3.05) is 19.0 Å². The van der Waals surface area contributed by atoms with Crippen LogP contribution in [0.15, 0.2) is 41.5 Å². The molecule has 0 aliphatic heterocycles. The second-order valence-corrected chi connectivity index (χ2v) is 4.79. The van der Waals surface area contributed by atoms with Gasteiger partial charge in [0.15, 0.2) is 11.5 Å². The summed E-state index contributed by atoms with van der Waals surface area (Å²) in [5, 5.41) is 0. The molecule has 0 radical (unpaired) electrons. The van der Waals surface area contributed by atoms with E-state index in [4.69, 9.17) is 0 Å². The third-order valence-corrected chi connectivity index (χ3v) is 3.15. The summed E-state index contributed by atoms with van der Waals surface area (Å²) in [4.78, 5) is 25.3. The summed E-state index contributed by atoms with van der Waals surface area (Å²) in [6.07, 6.45) is 1.48. The average Bonchev–Trinajstić information content (AvgIpc) is 2.76. The number of aromatic nitrogens is 4. The van der Waals surface area contributed by atoms with Crippen LogP contribution in [-0.2, 0) is 6.54 Å². The fourth-order valence-corrected chi connectivity index (χ4v) is 2.21. The highest BCUT2D eigenvalue weighted by Gasteiger charge is 2.13. The highest BCUT2D eigenvalue weighted by Crippen LogP contribution is 2.18. The van der Waals surface area contributed by atoms with Gasteiger partial charge in [-0.15, -0.1) is 0 Å². The first-order valence-electron chi connectivity index (χ1n) is 6.31. The van der Waals surface area contributed by atoms with Crippen LogP contribution in [0.1, 0.15) is 5.56 Å². The molecule has 3 rings (SSSR count). The zero-order chi connectivity index (χ0) is 14.1. The first kappa shape index (κ1) is 12.4. The molecule has 0 spiro atoms. The van der Waals surface area contributed by atoms with E-state index in [1.54, 1.807) is 4.57 Å². The van der Waals surface area contributed by atoms with Gasteiger partial charge in [-0.1, -0.05) is 30.3 Å². The fourth-order valence-electron chi connectivity index (χ4n) is 2.21. The Hall–Kier alpha value is -2.63. The van der Waals surface area contributed by atoms with E-state index in [1.807, 2.05) is 49.3 Å². The number of rotatable bonds is 3. The summed E-state index contributed by atoms with van der Waals surface area (Å²) in [6.45, 7) is 0.490. The van der Waals surface area contributed by atoms with Gasteiger partial charge in [0.2, 0.25) is 0 Å². The Morgan fingerprint density at radius 2 is 1.95 bits per heavy atom. The number of imidazole rings is 1. The van der Waals surface area contributed by atoms with Crippen LogP contribution in [0.2, 0.25) is 0 Å². The van der Waals surface area contributed by atoms with Crippen molar-refractivity contribution in [1.82, 2.24) is 19.5 Å². The molecule has 0 bridgehead atoms. The van der Waals surface area contributed by atoms with Gasteiger partial charge < -0.3 is 9.88 Å². The number of nitrogens with one attached hydrogen (secondary N) is 1. The lowest BCUT2D eigenvalue weighted by Crippen LogP contribution is -2.17. The van der Waals surface area contributed by atoms with Crippen molar-refractivity contribution < 1.29 is 0 Å². The number of nitrogens with zero attached hydrogens (tertiary/aromatic N) is 4. The second-order valence-electron chi connectivity index (χ2n) is 4.79. The molecular weight excluding hydrogens is 254 g/mol. The third-order valence-electron chi connectivity index (χ3n) is 3.15. The van der Waals surface area contributed by atoms with E-state index in [9.17, 15) is 4.79 Å². The van der Waals surface area contributed by atoms with Crippen LogP contribution in [0, 0.1) is 0 Å². The van der Waals surface area contributed by atoms with E-state index in [0.717, 1.165) is 5.56 Å². The van der Waals surface area contributed by atoms with Gasteiger partial charge in [0.1, 0.15) is 11.8 Å². The quantitative estimate of drug-likeness (QED) is 0.776. The Morgan fingerprint density at radius 1 is 1.20 bits per heavy atom. The predicted molar refractivity (Wildman–Crippen MR) is 78.0 cm³/mol. The normalized spacial score (nSPS) is 10.9. The van der Waals surface area contributed by atoms with Crippen LogP contribution in [0.4, 0.5) is 5.82 Å². The van der Waals surface area contributed by atoms with Gasteiger partial charge in [0.25, 0.3) is 0 Å². The van der Waals surface area contributed by atoms with Crippen molar-refractivity contribution >= 4 is 17.0 Å². The first-order valence-corrected chi connectivity index (χ1v) is 6.31. The summed E-state index contributed by atoms with van der Waals surface area (Å²) < 4.78 is 1.62. The summed E-state index contributed by atoms with van der Waals surface area (Å²) in [5.41, 5.74) is 2.17. The number of benzene rings is 1. The summed E-state index contributed by atoms with van der Waals surface area (Å²) in [7, 11) is 3.77. The van der Waals surface area contributed by atoms with Gasteiger partial charge in [0, 0.05) is 14.1 Å². The van der Waals surface area contributed by atoms with Crippen LogP contribution in [-0.4, -0.2) is 33.6 Å². The Balaban J connectivity index is 2.15. The van der Waals surface area contributed by atoms with Gasteiger partial charge in [0.05, 0.1) is 6.54 Å². The number of anilines is 1. The molecule has 1 aromatic carbocycles. The molecule has 0 aliphatic carbocycles. The molecule has 6 heteroatoms. The summed E-state index contributed by atoms with van der Waals surface area (Å²) >= 11 is 0. The minimum Gasteiger partial charge on any atom is -0.361 e. The molecule has 0 amide bonds. The molecule has 102 valence electrons. The zero-order valence-electron chi connectivity index (χ0n) is 11.4. The van der Waals surface area contributed by atoms with Gasteiger partial charge in [-0.25, -0.2) is 14.8 Å². The first-order chi connectivity index (χ1) is 9.66. The molecule has 0 fully saturated rings. The van der Waals surface area contributed by atoms with Gasteiger partial charge in [-0.05, 0) is 5.56 Å². The largest absolute Gasteiger partial charge is 0.361 e. The van der Waals surface area contributed by atoms with Crippen LogP contribution in [0.25, 0.3) is 11.2 Å². The van der Waals surface area contributed by atoms with Crippen molar-refractivity contribution in [2.45, 2.75) is 6.54 Å². The molecule has 3 aromatic rings. The van der Waals surface area contributed by atoms with Crippen molar-refractivity contribution in [3.8, 4) is 0 Å². The lowest BCUT2D eigenvalue weighted by molar-refractivity contribution is 0.777. The minimum absolute atomic E-state index is 0.174. The van der Waals surface area contributed by atoms with Gasteiger partial charge in [-0.3, -0.25) is 4.57 Å². The lowest BCUT2D eigenvalue weighted by atomic mass is 10.2. The molecule has 0 saturated carbocycles. The molecule has 20 heavy (non-hydrogen) atoms. The number of H-pyrrole nitrogens is 1. The van der Waals surface area contributed by atoms with Crippen molar-refractivity contribution in [2.24, 2.45) is 0 Å². The zero-order valence-corrected chi connectivity index (χ0v) is 11.4. The summed E-state index contributed by atoms with van der Waals surface area (Å²) in [6, 6.07) is 9.83. The monoisotopic (exact) mass is 269 g/mol. The minimum atomic E-state index is -0.174. The average molecular weight is 269 g/mol. The number of fused-ring (bicyclic) bond motifs is 1. The Labute approximate surface area is 115 Å². The van der Waals surface area contributed by atoms with Crippen molar-refractivity contribution in [3.05, 3.63) is 52.7 Å².